The summed E-state index contributed by atoms with van der Waals surface area (Å²) in [6.07, 6.45) is 0. The van der Waals surface area contributed by atoms with Crippen molar-refractivity contribution in [3.05, 3.63) is 17.5 Å². The number of nitrogens with one attached hydrogen (secondary N) is 1. The second-order valence-electron chi connectivity index (χ2n) is 2.85. The highest BCUT2D eigenvalue weighted by Crippen LogP contribution is 2.27. The van der Waals surface area contributed by atoms with E-state index in [-0.39, 0.29) is 0 Å². The van der Waals surface area contributed by atoms with E-state index in [1.165, 1.54) is 11.3 Å². The van der Waals surface area contributed by atoms with Crippen molar-refractivity contribution in [2.45, 2.75) is 17.0 Å². The van der Waals surface area contributed by atoms with Crippen LogP contribution in [0.3, 0.4) is 0 Å². The summed E-state index contributed by atoms with van der Waals surface area (Å²) in [5.74, 6) is 1.60. The van der Waals surface area contributed by atoms with Crippen LogP contribution in [-0.2, 0) is 5.75 Å². The standard InChI is InChI=1S/C8H10N4OS2/c1-5-3-6(13-12-5)4-14-8-11-10-7(9-2)15-8/h3H,4H2,1-2H3,(H,9,10). The molecule has 2 aromatic rings. The summed E-state index contributed by atoms with van der Waals surface area (Å²) in [6.45, 7) is 1.90. The second-order valence-corrected chi connectivity index (χ2v) is 5.05. The van der Waals surface area contributed by atoms with E-state index < -0.39 is 0 Å². The average molecular weight is 242 g/mol. The fraction of sp³-hybridized carbons (Fsp3) is 0.375. The smallest absolute Gasteiger partial charge is 0.206 e. The topological polar surface area (TPSA) is 63.8 Å². The largest absolute Gasteiger partial charge is 0.363 e. The molecule has 0 saturated carbocycles. The van der Waals surface area contributed by atoms with Crippen LogP contribution in [0.4, 0.5) is 5.13 Å². The Balaban J connectivity index is 1.93. The molecule has 0 aliphatic carbocycles. The maximum absolute atomic E-state index is 5.09. The SMILES string of the molecule is CNc1nnc(SCc2cc(C)no2)s1. The van der Waals surface area contributed by atoms with Crippen molar-refractivity contribution in [1.82, 2.24) is 15.4 Å². The third-order valence-electron chi connectivity index (χ3n) is 1.63. The molecule has 0 fully saturated rings. The number of rotatable bonds is 4. The average Bonchev–Trinajstić information content (AvgIpc) is 2.83. The van der Waals surface area contributed by atoms with E-state index in [0.29, 0.717) is 0 Å². The van der Waals surface area contributed by atoms with Gasteiger partial charge in [0.05, 0.1) is 11.4 Å². The first-order valence-electron chi connectivity index (χ1n) is 4.34. The molecular weight excluding hydrogens is 232 g/mol. The molecule has 0 spiro atoms. The number of aromatic nitrogens is 3. The lowest BCUT2D eigenvalue weighted by molar-refractivity contribution is 0.391. The van der Waals surface area contributed by atoms with Crippen LogP contribution >= 0.6 is 23.1 Å². The molecule has 0 radical (unpaired) electrons. The Kier molecular flexibility index (Phi) is 3.22. The first-order valence-corrected chi connectivity index (χ1v) is 6.14. The van der Waals surface area contributed by atoms with Gasteiger partial charge in [-0.25, -0.2) is 0 Å². The summed E-state index contributed by atoms with van der Waals surface area (Å²) < 4.78 is 6.01. The molecule has 0 atom stereocenters. The number of thioether (sulfide) groups is 1. The Hall–Kier alpha value is -1.08. The minimum atomic E-state index is 0.735. The number of hydrogen-bond acceptors (Lipinski definition) is 7. The summed E-state index contributed by atoms with van der Waals surface area (Å²) in [4.78, 5) is 0. The van der Waals surface area contributed by atoms with Gasteiger partial charge in [-0.15, -0.1) is 10.2 Å². The fourth-order valence-electron chi connectivity index (χ4n) is 0.986. The zero-order valence-corrected chi connectivity index (χ0v) is 9.98. The van der Waals surface area contributed by atoms with E-state index in [2.05, 4.69) is 20.7 Å². The van der Waals surface area contributed by atoms with Crippen LogP contribution in [-0.4, -0.2) is 22.4 Å². The first kappa shape index (κ1) is 10.4. The van der Waals surface area contributed by atoms with Gasteiger partial charge in [-0.05, 0) is 6.92 Å². The predicted octanol–water partition coefficient (Wildman–Crippen LogP) is 2.17. The van der Waals surface area contributed by atoms with E-state index in [4.69, 9.17) is 4.52 Å². The Morgan fingerprint density at radius 1 is 1.53 bits per heavy atom. The van der Waals surface area contributed by atoms with Crippen LogP contribution in [0.15, 0.2) is 14.9 Å². The number of aryl methyl sites for hydroxylation is 1. The van der Waals surface area contributed by atoms with Crippen LogP contribution < -0.4 is 5.32 Å². The van der Waals surface area contributed by atoms with Crippen LogP contribution in [0.1, 0.15) is 11.5 Å². The van der Waals surface area contributed by atoms with Gasteiger partial charge in [-0.2, -0.15) is 0 Å². The maximum Gasteiger partial charge on any atom is 0.206 e. The normalized spacial score (nSPS) is 10.5. The van der Waals surface area contributed by atoms with E-state index in [1.54, 1.807) is 11.8 Å². The zero-order valence-electron chi connectivity index (χ0n) is 8.35. The maximum atomic E-state index is 5.09. The molecule has 1 N–H and O–H groups in total. The Bertz CT molecular complexity index is 439. The summed E-state index contributed by atoms with van der Waals surface area (Å²) in [5.41, 5.74) is 0.902. The molecule has 0 aromatic carbocycles. The van der Waals surface area contributed by atoms with Gasteiger partial charge in [0.2, 0.25) is 5.13 Å². The predicted molar refractivity (Wildman–Crippen MR) is 60.3 cm³/mol. The number of anilines is 1. The quantitative estimate of drug-likeness (QED) is 0.829. The first-order chi connectivity index (χ1) is 7.28. The molecule has 2 heterocycles. The highest BCUT2D eigenvalue weighted by Gasteiger charge is 2.06. The van der Waals surface area contributed by atoms with Gasteiger partial charge >= 0.3 is 0 Å². The molecule has 0 aliphatic rings. The van der Waals surface area contributed by atoms with E-state index in [9.17, 15) is 0 Å². The molecule has 7 heteroatoms. The van der Waals surface area contributed by atoms with Crippen LogP contribution in [0, 0.1) is 6.92 Å². The van der Waals surface area contributed by atoms with E-state index in [0.717, 1.165) is 26.7 Å². The molecule has 5 nitrogen and oxygen atoms in total. The minimum absolute atomic E-state index is 0.735. The summed E-state index contributed by atoms with van der Waals surface area (Å²) in [7, 11) is 1.83. The molecule has 0 amide bonds. The molecule has 0 saturated heterocycles. The summed E-state index contributed by atoms with van der Waals surface area (Å²) in [5, 5.41) is 15.5. The summed E-state index contributed by atoms with van der Waals surface area (Å²) >= 11 is 3.12. The fourth-order valence-corrected chi connectivity index (χ4v) is 2.57. The highest BCUT2D eigenvalue weighted by molar-refractivity contribution is 8.00. The molecule has 2 aromatic heterocycles. The lowest BCUT2D eigenvalue weighted by Gasteiger charge is -1.90. The van der Waals surface area contributed by atoms with Gasteiger partial charge in [0, 0.05) is 13.1 Å². The van der Waals surface area contributed by atoms with E-state index in [1.807, 2.05) is 20.0 Å². The minimum Gasteiger partial charge on any atom is -0.363 e. The third kappa shape index (κ3) is 2.69. The molecule has 0 aliphatic heterocycles. The Labute approximate surface area is 95.3 Å². The lowest BCUT2D eigenvalue weighted by Crippen LogP contribution is -1.84. The third-order valence-corrected chi connectivity index (χ3v) is 3.73. The zero-order chi connectivity index (χ0) is 10.7. The van der Waals surface area contributed by atoms with Crippen molar-refractivity contribution in [2.75, 3.05) is 12.4 Å². The summed E-state index contributed by atoms with van der Waals surface area (Å²) in [6, 6.07) is 1.92. The molecule has 0 unspecified atom stereocenters. The van der Waals surface area contributed by atoms with Crippen molar-refractivity contribution < 1.29 is 4.52 Å². The van der Waals surface area contributed by atoms with Crippen LogP contribution in [0.25, 0.3) is 0 Å². The molecular formula is C8H10N4OS2. The Morgan fingerprint density at radius 3 is 3.00 bits per heavy atom. The van der Waals surface area contributed by atoms with Gasteiger partial charge in [0.1, 0.15) is 5.76 Å². The number of nitrogens with zero attached hydrogens (tertiary/aromatic N) is 3. The number of hydrogen-bond donors (Lipinski definition) is 1. The second kappa shape index (κ2) is 4.63. The monoisotopic (exact) mass is 242 g/mol. The lowest BCUT2D eigenvalue weighted by atomic mass is 10.4. The van der Waals surface area contributed by atoms with Crippen molar-refractivity contribution in [3.8, 4) is 0 Å². The van der Waals surface area contributed by atoms with Gasteiger partial charge in [0.25, 0.3) is 0 Å². The van der Waals surface area contributed by atoms with Gasteiger partial charge in [-0.1, -0.05) is 28.3 Å². The molecule has 0 bridgehead atoms. The molecule has 2 rings (SSSR count). The van der Waals surface area contributed by atoms with Crippen molar-refractivity contribution in [1.29, 1.82) is 0 Å². The van der Waals surface area contributed by atoms with Crippen molar-refractivity contribution >= 4 is 28.2 Å². The molecule has 15 heavy (non-hydrogen) atoms. The van der Waals surface area contributed by atoms with Gasteiger partial charge in [0.15, 0.2) is 4.34 Å². The van der Waals surface area contributed by atoms with E-state index >= 15 is 0 Å². The van der Waals surface area contributed by atoms with Crippen LogP contribution in [0.2, 0.25) is 0 Å². The Morgan fingerprint density at radius 2 is 2.40 bits per heavy atom. The van der Waals surface area contributed by atoms with Gasteiger partial charge in [-0.3, -0.25) is 0 Å². The van der Waals surface area contributed by atoms with Crippen molar-refractivity contribution in [2.24, 2.45) is 0 Å². The van der Waals surface area contributed by atoms with Gasteiger partial charge < -0.3 is 9.84 Å². The highest BCUT2D eigenvalue weighted by atomic mass is 32.2. The molecule has 80 valence electrons. The van der Waals surface area contributed by atoms with Crippen molar-refractivity contribution in [3.63, 3.8) is 0 Å². The van der Waals surface area contributed by atoms with Crippen LogP contribution in [0.5, 0.6) is 0 Å².